The Bertz CT molecular complexity index is 982. The molecule has 0 spiro atoms. The predicted molar refractivity (Wildman–Crippen MR) is 90.6 cm³/mol. The highest BCUT2D eigenvalue weighted by atomic mass is 16.5. The number of ketones is 1. The maximum Gasteiger partial charge on any atom is 0.330 e. The van der Waals surface area contributed by atoms with Crippen molar-refractivity contribution >= 4 is 5.78 Å². The van der Waals surface area contributed by atoms with E-state index in [9.17, 15) is 19.5 Å². The molecule has 2 aromatic rings. The molecule has 1 saturated heterocycles. The first kappa shape index (κ1) is 17.8. The number of aliphatic hydroxyl groups is 2. The number of H-pyrrole nitrogens is 1. The van der Waals surface area contributed by atoms with Gasteiger partial charge in [0.1, 0.15) is 17.9 Å². The fourth-order valence-corrected chi connectivity index (χ4v) is 2.62. The van der Waals surface area contributed by atoms with Gasteiger partial charge < -0.3 is 14.9 Å². The Balaban J connectivity index is 1.91. The van der Waals surface area contributed by atoms with Crippen molar-refractivity contribution < 1.29 is 19.7 Å². The maximum atomic E-state index is 12.0. The van der Waals surface area contributed by atoms with E-state index >= 15 is 0 Å². The molecule has 1 fully saturated rings. The zero-order valence-electron chi connectivity index (χ0n) is 13.6. The molecule has 0 unspecified atom stereocenters. The van der Waals surface area contributed by atoms with Crippen molar-refractivity contribution in [1.82, 2.24) is 9.55 Å². The van der Waals surface area contributed by atoms with Crippen LogP contribution in [-0.2, 0) is 4.74 Å². The van der Waals surface area contributed by atoms with Gasteiger partial charge in [-0.15, -0.1) is 0 Å². The lowest BCUT2D eigenvalue weighted by Gasteiger charge is -2.14. The molecule has 1 aliphatic heterocycles. The van der Waals surface area contributed by atoms with Crippen LogP contribution in [0.2, 0.25) is 0 Å². The Kier molecular flexibility index (Phi) is 5.14. The van der Waals surface area contributed by atoms with Gasteiger partial charge in [0.25, 0.3) is 5.56 Å². The number of benzene rings is 1. The van der Waals surface area contributed by atoms with Crippen molar-refractivity contribution in [2.45, 2.75) is 24.9 Å². The summed E-state index contributed by atoms with van der Waals surface area (Å²) in [5, 5.41) is 18.9. The summed E-state index contributed by atoms with van der Waals surface area (Å²) < 4.78 is 6.49. The van der Waals surface area contributed by atoms with Gasteiger partial charge in [-0.25, -0.2) is 4.79 Å². The van der Waals surface area contributed by atoms with E-state index in [2.05, 4.69) is 16.8 Å². The minimum atomic E-state index is -0.932. The van der Waals surface area contributed by atoms with Crippen LogP contribution in [0.15, 0.2) is 46.1 Å². The number of aliphatic hydroxyl groups excluding tert-OH is 2. The average molecular weight is 356 g/mol. The monoisotopic (exact) mass is 356 g/mol. The third-order valence-electron chi connectivity index (χ3n) is 4.01. The molecule has 8 heteroatoms. The van der Waals surface area contributed by atoms with E-state index in [4.69, 9.17) is 9.84 Å². The van der Waals surface area contributed by atoms with E-state index < -0.39 is 42.1 Å². The molecule has 1 aliphatic rings. The van der Waals surface area contributed by atoms with Crippen LogP contribution < -0.4 is 11.2 Å². The fourth-order valence-electron chi connectivity index (χ4n) is 2.62. The molecule has 0 radical (unpaired) electrons. The topological polar surface area (TPSA) is 122 Å². The molecular formula is C18H16N2O6. The standard InChI is InChI=1S/C18H16N2O6/c21-10-15-14(23)8-16(26-15)20-9-12(17(24)19-18(20)25)6-7-13(22)11-4-2-1-3-5-11/h1-5,9,14-16,21,23H,8,10H2,(H,19,24,25)/t14-,15+,16+/m0/s1. The summed E-state index contributed by atoms with van der Waals surface area (Å²) in [5.74, 6) is 4.37. The number of hydrogen-bond donors (Lipinski definition) is 3. The van der Waals surface area contributed by atoms with Gasteiger partial charge in [0.15, 0.2) is 0 Å². The normalized spacial score (nSPS) is 21.8. The molecule has 26 heavy (non-hydrogen) atoms. The Labute approximate surface area is 147 Å². The second-order valence-corrected chi connectivity index (χ2v) is 5.77. The smallest absolute Gasteiger partial charge is 0.330 e. The zero-order chi connectivity index (χ0) is 18.7. The molecule has 3 rings (SSSR count). The van der Waals surface area contributed by atoms with Gasteiger partial charge in [-0.05, 0) is 5.92 Å². The van der Waals surface area contributed by atoms with Gasteiger partial charge in [-0.3, -0.25) is 19.1 Å². The number of Topliss-reactive ketones (excluding diaryl/α,β-unsaturated/α-hetero) is 1. The van der Waals surface area contributed by atoms with Crippen LogP contribution in [0.25, 0.3) is 0 Å². The minimum absolute atomic E-state index is 0.0764. The van der Waals surface area contributed by atoms with E-state index in [1.807, 2.05) is 0 Å². The number of aromatic nitrogens is 2. The van der Waals surface area contributed by atoms with E-state index in [0.717, 1.165) is 4.57 Å². The summed E-state index contributed by atoms with van der Waals surface area (Å²) in [6, 6.07) is 8.36. The molecular weight excluding hydrogens is 340 g/mol. The molecule has 3 N–H and O–H groups in total. The highest BCUT2D eigenvalue weighted by molar-refractivity contribution is 6.09. The molecule has 8 nitrogen and oxygen atoms in total. The predicted octanol–water partition coefficient (Wildman–Crippen LogP) is -0.588. The lowest BCUT2D eigenvalue weighted by molar-refractivity contribution is -0.0459. The summed E-state index contributed by atoms with van der Waals surface area (Å²) in [6.07, 6.45) is -1.33. The number of rotatable bonds is 3. The van der Waals surface area contributed by atoms with Gasteiger partial charge in [-0.1, -0.05) is 36.3 Å². The van der Waals surface area contributed by atoms with Crippen molar-refractivity contribution in [1.29, 1.82) is 0 Å². The van der Waals surface area contributed by atoms with Gasteiger partial charge >= 0.3 is 5.69 Å². The number of carbonyl (C=O) groups excluding carboxylic acids is 1. The van der Waals surface area contributed by atoms with Crippen LogP contribution in [0.1, 0.15) is 28.6 Å². The van der Waals surface area contributed by atoms with Crippen LogP contribution in [0, 0.1) is 11.8 Å². The third kappa shape index (κ3) is 3.65. The summed E-state index contributed by atoms with van der Waals surface area (Å²) in [6.45, 7) is -0.395. The highest BCUT2D eigenvalue weighted by Crippen LogP contribution is 2.27. The second kappa shape index (κ2) is 7.49. The Morgan fingerprint density at radius 3 is 2.69 bits per heavy atom. The largest absolute Gasteiger partial charge is 0.394 e. The first-order valence-corrected chi connectivity index (χ1v) is 7.91. The summed E-state index contributed by atoms with van der Waals surface area (Å²) in [4.78, 5) is 38.1. The SMILES string of the molecule is O=C(C#Cc1cn([C@H]2C[C@H](O)[C@@H](CO)O2)c(=O)[nH]c1=O)c1ccccc1. The van der Waals surface area contributed by atoms with Crippen LogP contribution >= 0.6 is 0 Å². The molecule has 3 atom stereocenters. The minimum Gasteiger partial charge on any atom is -0.394 e. The summed E-state index contributed by atoms with van der Waals surface area (Å²) in [7, 11) is 0. The van der Waals surface area contributed by atoms with Crippen molar-refractivity contribution in [3.05, 3.63) is 68.5 Å². The van der Waals surface area contributed by atoms with Gasteiger partial charge in [-0.2, -0.15) is 0 Å². The number of hydrogen-bond acceptors (Lipinski definition) is 6. The lowest BCUT2D eigenvalue weighted by Crippen LogP contribution is -2.33. The first-order valence-electron chi connectivity index (χ1n) is 7.91. The highest BCUT2D eigenvalue weighted by Gasteiger charge is 2.35. The Morgan fingerprint density at radius 2 is 2.04 bits per heavy atom. The van der Waals surface area contributed by atoms with Crippen molar-refractivity contribution in [2.24, 2.45) is 0 Å². The Morgan fingerprint density at radius 1 is 1.31 bits per heavy atom. The number of carbonyl (C=O) groups is 1. The quantitative estimate of drug-likeness (QED) is 0.499. The molecule has 1 aromatic heterocycles. The molecule has 0 amide bonds. The van der Waals surface area contributed by atoms with Crippen LogP contribution in [-0.4, -0.2) is 44.4 Å². The van der Waals surface area contributed by atoms with Crippen LogP contribution in [0.5, 0.6) is 0 Å². The summed E-state index contributed by atoms with van der Waals surface area (Å²) >= 11 is 0. The lowest BCUT2D eigenvalue weighted by atomic mass is 10.1. The van der Waals surface area contributed by atoms with E-state index in [1.54, 1.807) is 30.3 Å². The van der Waals surface area contributed by atoms with Gasteiger partial charge in [0.05, 0.1) is 12.7 Å². The molecule has 1 aromatic carbocycles. The molecule has 0 saturated carbocycles. The maximum absolute atomic E-state index is 12.0. The first-order chi connectivity index (χ1) is 12.5. The van der Waals surface area contributed by atoms with Crippen LogP contribution in [0.4, 0.5) is 0 Å². The molecule has 0 aliphatic carbocycles. The number of nitrogens with one attached hydrogen (secondary N) is 1. The number of aromatic amines is 1. The molecule has 0 bridgehead atoms. The summed E-state index contributed by atoms with van der Waals surface area (Å²) in [5.41, 5.74) is -1.15. The Hall–Kier alpha value is -2.99. The van der Waals surface area contributed by atoms with Crippen LogP contribution in [0.3, 0.4) is 0 Å². The van der Waals surface area contributed by atoms with E-state index in [0.29, 0.717) is 5.56 Å². The van der Waals surface area contributed by atoms with Crippen molar-refractivity contribution in [3.8, 4) is 11.8 Å². The van der Waals surface area contributed by atoms with E-state index in [-0.39, 0.29) is 12.0 Å². The fraction of sp³-hybridized carbons (Fsp3) is 0.278. The average Bonchev–Trinajstić information content (AvgIpc) is 3.02. The zero-order valence-corrected chi connectivity index (χ0v) is 13.6. The number of ether oxygens (including phenoxy) is 1. The van der Waals surface area contributed by atoms with Gasteiger partial charge in [0.2, 0.25) is 5.78 Å². The number of nitrogens with zero attached hydrogens (tertiary/aromatic N) is 1. The third-order valence-corrected chi connectivity index (χ3v) is 4.01. The van der Waals surface area contributed by atoms with Crippen molar-refractivity contribution in [2.75, 3.05) is 6.61 Å². The van der Waals surface area contributed by atoms with E-state index in [1.165, 1.54) is 6.20 Å². The molecule has 134 valence electrons. The van der Waals surface area contributed by atoms with Gasteiger partial charge in [0, 0.05) is 18.2 Å². The van der Waals surface area contributed by atoms with Crippen molar-refractivity contribution in [3.63, 3.8) is 0 Å². The second-order valence-electron chi connectivity index (χ2n) is 5.77. The molecule has 2 heterocycles.